The summed E-state index contributed by atoms with van der Waals surface area (Å²) in [6.07, 6.45) is 1.58. The van der Waals surface area contributed by atoms with Crippen LogP contribution in [0.4, 0.5) is 5.13 Å². The summed E-state index contributed by atoms with van der Waals surface area (Å²) in [7, 11) is 1.47. The van der Waals surface area contributed by atoms with Gasteiger partial charge in [0.2, 0.25) is 5.13 Å². The molecule has 0 spiro atoms. The number of carbonyl (C=O) groups excluding carboxylic acids is 1. The number of halogens is 1. The average Bonchev–Trinajstić information content (AvgIpc) is 2.97. The third kappa shape index (κ3) is 4.93. The molecule has 0 aliphatic heterocycles. The highest BCUT2D eigenvalue weighted by Crippen LogP contribution is 2.32. The van der Waals surface area contributed by atoms with Crippen molar-refractivity contribution in [1.82, 2.24) is 4.98 Å². The van der Waals surface area contributed by atoms with Crippen molar-refractivity contribution in [1.29, 1.82) is 0 Å². The van der Waals surface area contributed by atoms with E-state index in [2.05, 4.69) is 31.4 Å². The molecule has 0 unspecified atom stereocenters. The lowest BCUT2D eigenvalue weighted by Gasteiger charge is -2.06. The summed E-state index contributed by atoms with van der Waals surface area (Å²) in [5.41, 5.74) is 3.86. The minimum atomic E-state index is -0.316. The number of aromatic hydroxyl groups is 1. The highest BCUT2D eigenvalue weighted by molar-refractivity contribution is 9.10. The Labute approximate surface area is 151 Å². The van der Waals surface area contributed by atoms with Gasteiger partial charge in [0.1, 0.15) is 0 Å². The zero-order chi connectivity index (χ0) is 17.5. The third-order valence-electron chi connectivity index (χ3n) is 2.84. The Balaban J connectivity index is 2.01. The fourth-order valence-electron chi connectivity index (χ4n) is 1.80. The molecule has 7 nitrogen and oxygen atoms in total. The maximum Gasteiger partial charge on any atom is 0.311 e. The molecular formula is C15H16BrN3O4S. The van der Waals surface area contributed by atoms with Gasteiger partial charge in [0.25, 0.3) is 0 Å². The van der Waals surface area contributed by atoms with Crippen LogP contribution in [0.5, 0.6) is 11.5 Å². The molecule has 0 saturated heterocycles. The van der Waals surface area contributed by atoms with E-state index in [0.29, 0.717) is 28.7 Å². The standard InChI is InChI=1S/C15H16BrN3O4S/c1-3-23-13(20)6-11-8-24-15(18-11)19-17-7-9-4-10(16)5-12(22-2)14(9)21/h4-5,7-8,21H,3,6H2,1-2H3,(H,18,19). The molecule has 1 heterocycles. The van der Waals surface area contributed by atoms with E-state index in [1.807, 2.05) is 0 Å². The van der Waals surface area contributed by atoms with Gasteiger partial charge in [-0.1, -0.05) is 15.9 Å². The largest absolute Gasteiger partial charge is 0.504 e. The number of hydrazone groups is 1. The van der Waals surface area contributed by atoms with Gasteiger partial charge in [0.05, 0.1) is 32.0 Å². The number of thiazole rings is 1. The van der Waals surface area contributed by atoms with Crippen molar-refractivity contribution >= 4 is 44.6 Å². The van der Waals surface area contributed by atoms with Crippen molar-refractivity contribution < 1.29 is 19.4 Å². The van der Waals surface area contributed by atoms with Gasteiger partial charge in [-0.05, 0) is 19.1 Å². The highest BCUT2D eigenvalue weighted by Gasteiger charge is 2.09. The number of phenols is 1. The average molecular weight is 414 g/mol. The van der Waals surface area contributed by atoms with Crippen LogP contribution < -0.4 is 10.2 Å². The number of hydrogen-bond donors (Lipinski definition) is 2. The van der Waals surface area contributed by atoms with Crippen LogP contribution >= 0.6 is 27.3 Å². The van der Waals surface area contributed by atoms with Crippen LogP contribution in [0, 0.1) is 0 Å². The predicted molar refractivity (Wildman–Crippen MR) is 96.0 cm³/mol. The van der Waals surface area contributed by atoms with Crippen molar-refractivity contribution in [3.63, 3.8) is 0 Å². The first-order chi connectivity index (χ1) is 11.5. The van der Waals surface area contributed by atoms with E-state index >= 15 is 0 Å². The van der Waals surface area contributed by atoms with E-state index in [0.717, 1.165) is 4.47 Å². The molecule has 2 N–H and O–H groups in total. The number of hydrogen-bond acceptors (Lipinski definition) is 8. The second kappa shape index (κ2) is 8.65. The summed E-state index contributed by atoms with van der Waals surface area (Å²) in [6, 6.07) is 3.36. The summed E-state index contributed by atoms with van der Waals surface area (Å²) >= 11 is 4.66. The second-order valence-electron chi connectivity index (χ2n) is 4.54. The Bertz CT molecular complexity index is 748. The Morgan fingerprint density at radius 1 is 1.54 bits per heavy atom. The van der Waals surface area contributed by atoms with Crippen molar-refractivity contribution in [3.05, 3.63) is 33.2 Å². The number of nitrogens with one attached hydrogen (secondary N) is 1. The summed E-state index contributed by atoms with van der Waals surface area (Å²) in [6.45, 7) is 2.10. The molecule has 2 rings (SSSR count). The van der Waals surface area contributed by atoms with E-state index in [1.54, 1.807) is 24.4 Å². The molecule has 24 heavy (non-hydrogen) atoms. The summed E-state index contributed by atoms with van der Waals surface area (Å²) in [5.74, 6) is 0.0224. The summed E-state index contributed by atoms with van der Waals surface area (Å²) in [5, 5.41) is 16.4. The molecule has 0 atom stereocenters. The quantitative estimate of drug-likeness (QED) is 0.411. The normalized spacial score (nSPS) is 10.8. The lowest BCUT2D eigenvalue weighted by molar-refractivity contribution is -0.142. The maximum atomic E-state index is 11.4. The molecule has 0 fully saturated rings. The van der Waals surface area contributed by atoms with Crippen LogP contribution in [0.1, 0.15) is 18.2 Å². The smallest absolute Gasteiger partial charge is 0.311 e. The van der Waals surface area contributed by atoms with Gasteiger partial charge in [0.15, 0.2) is 11.5 Å². The Kier molecular flexibility index (Phi) is 6.56. The monoisotopic (exact) mass is 413 g/mol. The van der Waals surface area contributed by atoms with Gasteiger partial charge in [-0.2, -0.15) is 5.10 Å². The van der Waals surface area contributed by atoms with Gasteiger partial charge in [-0.3, -0.25) is 10.2 Å². The van der Waals surface area contributed by atoms with Gasteiger partial charge in [-0.15, -0.1) is 11.3 Å². The van der Waals surface area contributed by atoms with E-state index < -0.39 is 0 Å². The zero-order valence-electron chi connectivity index (χ0n) is 13.1. The van der Waals surface area contributed by atoms with Crippen molar-refractivity contribution in [3.8, 4) is 11.5 Å². The maximum absolute atomic E-state index is 11.4. The van der Waals surface area contributed by atoms with E-state index in [1.165, 1.54) is 24.7 Å². The fourth-order valence-corrected chi connectivity index (χ4v) is 2.92. The first-order valence-electron chi connectivity index (χ1n) is 6.99. The molecular weight excluding hydrogens is 398 g/mol. The molecule has 9 heteroatoms. The summed E-state index contributed by atoms with van der Waals surface area (Å²) in [4.78, 5) is 15.6. The van der Waals surface area contributed by atoms with Gasteiger partial charge >= 0.3 is 5.97 Å². The molecule has 2 aromatic rings. The van der Waals surface area contributed by atoms with Gasteiger partial charge in [0, 0.05) is 15.4 Å². The number of nitrogens with zero attached hydrogens (tertiary/aromatic N) is 2. The minimum Gasteiger partial charge on any atom is -0.504 e. The van der Waals surface area contributed by atoms with Gasteiger partial charge < -0.3 is 14.6 Å². The molecule has 1 aromatic heterocycles. The lowest BCUT2D eigenvalue weighted by atomic mass is 10.2. The molecule has 1 aromatic carbocycles. The number of anilines is 1. The molecule has 0 bridgehead atoms. The fraction of sp³-hybridized carbons (Fsp3) is 0.267. The minimum absolute atomic E-state index is 0.00612. The van der Waals surface area contributed by atoms with Crippen LogP contribution in [0.2, 0.25) is 0 Å². The van der Waals surface area contributed by atoms with Crippen molar-refractivity contribution in [2.24, 2.45) is 5.10 Å². The first-order valence-corrected chi connectivity index (χ1v) is 8.66. The van der Waals surface area contributed by atoms with E-state index in [-0.39, 0.29) is 18.1 Å². The second-order valence-corrected chi connectivity index (χ2v) is 6.32. The van der Waals surface area contributed by atoms with Crippen molar-refractivity contribution in [2.45, 2.75) is 13.3 Å². The zero-order valence-corrected chi connectivity index (χ0v) is 15.5. The SMILES string of the molecule is CCOC(=O)Cc1csc(NN=Cc2cc(Br)cc(OC)c2O)n1. The predicted octanol–water partition coefficient (Wildman–Crippen LogP) is 3.17. The van der Waals surface area contributed by atoms with Crippen LogP contribution in [0.25, 0.3) is 0 Å². The number of ether oxygens (including phenoxy) is 2. The Morgan fingerprint density at radius 2 is 2.33 bits per heavy atom. The molecule has 0 aliphatic carbocycles. The van der Waals surface area contributed by atoms with Crippen LogP contribution in [-0.4, -0.2) is 36.0 Å². The van der Waals surface area contributed by atoms with Crippen LogP contribution in [-0.2, 0) is 16.0 Å². The van der Waals surface area contributed by atoms with Crippen LogP contribution in [0.3, 0.4) is 0 Å². The van der Waals surface area contributed by atoms with Crippen molar-refractivity contribution in [2.75, 3.05) is 19.1 Å². The number of esters is 1. The highest BCUT2D eigenvalue weighted by atomic mass is 79.9. The first kappa shape index (κ1) is 18.2. The Morgan fingerprint density at radius 3 is 3.04 bits per heavy atom. The molecule has 0 saturated carbocycles. The van der Waals surface area contributed by atoms with Crippen LogP contribution in [0.15, 0.2) is 27.1 Å². The molecule has 0 radical (unpaired) electrons. The number of phenolic OH excluding ortho intramolecular Hbond substituents is 1. The molecule has 128 valence electrons. The summed E-state index contributed by atoms with van der Waals surface area (Å²) < 4.78 is 10.7. The lowest BCUT2D eigenvalue weighted by Crippen LogP contribution is -2.07. The van der Waals surface area contributed by atoms with Gasteiger partial charge in [-0.25, -0.2) is 4.98 Å². The topological polar surface area (TPSA) is 93.0 Å². The Hall–Kier alpha value is -2.13. The number of benzene rings is 1. The molecule has 0 aliphatic rings. The van der Waals surface area contributed by atoms with E-state index in [4.69, 9.17) is 9.47 Å². The third-order valence-corrected chi connectivity index (χ3v) is 4.09. The number of aromatic nitrogens is 1. The number of rotatable bonds is 7. The number of carbonyl (C=O) groups is 1. The molecule has 0 amide bonds. The number of methoxy groups -OCH3 is 1. The van der Waals surface area contributed by atoms with E-state index in [9.17, 15) is 9.90 Å².